The Labute approximate surface area is 151 Å². The molecule has 6 nitrogen and oxygen atoms in total. The van der Waals surface area contributed by atoms with Gasteiger partial charge < -0.3 is 9.47 Å². The first-order valence-electron chi connectivity index (χ1n) is 8.06. The minimum Gasteiger partial charge on any atom is -0.463 e. The Bertz CT molecular complexity index is 700. The molecule has 1 amide bonds. The zero-order valence-electron chi connectivity index (χ0n) is 14.8. The molecule has 1 aromatic carbocycles. The zero-order chi connectivity index (χ0) is 18.4. The number of amidine groups is 1. The summed E-state index contributed by atoms with van der Waals surface area (Å²) < 4.78 is 10.4. The van der Waals surface area contributed by atoms with Crippen molar-refractivity contribution in [1.82, 2.24) is 4.90 Å². The van der Waals surface area contributed by atoms with Gasteiger partial charge in [0.15, 0.2) is 5.17 Å². The van der Waals surface area contributed by atoms with Gasteiger partial charge in [-0.05, 0) is 32.6 Å². The summed E-state index contributed by atoms with van der Waals surface area (Å²) in [7, 11) is 0. The summed E-state index contributed by atoms with van der Waals surface area (Å²) >= 11 is 1.33. The second kappa shape index (κ2) is 8.71. The van der Waals surface area contributed by atoms with Crippen molar-refractivity contribution in [3.05, 3.63) is 47.2 Å². The third kappa shape index (κ3) is 4.04. The number of hydrogen-bond acceptors (Lipinski definition) is 6. The number of rotatable bonds is 4. The molecule has 2 rings (SSSR count). The molecule has 1 heterocycles. The van der Waals surface area contributed by atoms with Crippen LogP contribution >= 0.6 is 11.8 Å². The van der Waals surface area contributed by atoms with Crippen molar-refractivity contribution in [1.29, 1.82) is 0 Å². The van der Waals surface area contributed by atoms with Crippen LogP contribution in [0.4, 0.5) is 4.79 Å². The Morgan fingerprint density at radius 1 is 1.16 bits per heavy atom. The molecular formula is C18H22N2O4S. The van der Waals surface area contributed by atoms with E-state index < -0.39 is 18.1 Å². The van der Waals surface area contributed by atoms with Crippen molar-refractivity contribution in [3.63, 3.8) is 0 Å². The van der Waals surface area contributed by atoms with Crippen molar-refractivity contribution >= 4 is 29.0 Å². The third-order valence-corrected chi connectivity index (χ3v) is 4.30. The first-order chi connectivity index (χ1) is 12.0. The summed E-state index contributed by atoms with van der Waals surface area (Å²) in [5.41, 5.74) is 1.68. The van der Waals surface area contributed by atoms with Crippen molar-refractivity contribution in [2.45, 2.75) is 26.8 Å². The van der Waals surface area contributed by atoms with Crippen LogP contribution in [0, 0.1) is 0 Å². The fraction of sp³-hybridized carbons (Fsp3) is 0.389. The smallest absolute Gasteiger partial charge is 0.416 e. The molecule has 1 unspecified atom stereocenters. The molecule has 25 heavy (non-hydrogen) atoms. The molecule has 134 valence electrons. The van der Waals surface area contributed by atoms with Crippen LogP contribution in [0.5, 0.6) is 0 Å². The van der Waals surface area contributed by atoms with E-state index in [0.29, 0.717) is 16.4 Å². The van der Waals surface area contributed by atoms with Gasteiger partial charge in [0.1, 0.15) is 6.04 Å². The van der Waals surface area contributed by atoms with E-state index in [-0.39, 0.29) is 13.2 Å². The number of amides is 1. The molecule has 0 saturated heterocycles. The summed E-state index contributed by atoms with van der Waals surface area (Å²) in [4.78, 5) is 31.0. The maximum absolute atomic E-state index is 12.6. The number of hydrogen-bond donors (Lipinski definition) is 0. The van der Waals surface area contributed by atoms with Gasteiger partial charge in [0.25, 0.3) is 0 Å². The number of ether oxygens (including phenoxy) is 2. The van der Waals surface area contributed by atoms with E-state index in [9.17, 15) is 9.59 Å². The lowest BCUT2D eigenvalue weighted by Gasteiger charge is -2.35. The molecule has 1 atom stereocenters. The van der Waals surface area contributed by atoms with E-state index in [0.717, 1.165) is 5.56 Å². The molecule has 0 aliphatic carbocycles. The molecule has 7 heteroatoms. The van der Waals surface area contributed by atoms with E-state index >= 15 is 0 Å². The molecule has 0 radical (unpaired) electrons. The van der Waals surface area contributed by atoms with Crippen molar-refractivity contribution in [2.75, 3.05) is 19.5 Å². The van der Waals surface area contributed by atoms with Crippen LogP contribution in [0.3, 0.4) is 0 Å². The highest BCUT2D eigenvalue weighted by atomic mass is 32.2. The summed E-state index contributed by atoms with van der Waals surface area (Å²) in [5.74, 6) is -0.480. The maximum atomic E-state index is 12.6. The molecular weight excluding hydrogens is 340 g/mol. The minimum atomic E-state index is -0.640. The predicted octanol–water partition coefficient (Wildman–Crippen LogP) is 3.76. The monoisotopic (exact) mass is 362 g/mol. The first kappa shape index (κ1) is 19.1. The summed E-state index contributed by atoms with van der Waals surface area (Å²) in [6.45, 7) is 5.71. The Kier molecular flexibility index (Phi) is 6.64. The number of aliphatic imine (C=N–C) groups is 1. The van der Waals surface area contributed by atoms with E-state index in [1.54, 1.807) is 20.8 Å². The summed E-state index contributed by atoms with van der Waals surface area (Å²) in [6.07, 6.45) is 1.29. The van der Waals surface area contributed by atoms with E-state index in [1.807, 2.05) is 36.6 Å². The third-order valence-electron chi connectivity index (χ3n) is 3.65. The van der Waals surface area contributed by atoms with Crippen LogP contribution in [0.25, 0.3) is 0 Å². The van der Waals surface area contributed by atoms with Crippen LogP contribution in [0.15, 0.2) is 46.6 Å². The van der Waals surface area contributed by atoms with Crippen molar-refractivity contribution in [3.8, 4) is 0 Å². The van der Waals surface area contributed by atoms with Crippen LogP contribution in [0.2, 0.25) is 0 Å². The van der Waals surface area contributed by atoms with Crippen LogP contribution in [-0.2, 0) is 14.3 Å². The Balaban J connectivity index is 2.62. The Hall–Kier alpha value is -2.28. The minimum absolute atomic E-state index is 0.232. The van der Waals surface area contributed by atoms with Gasteiger partial charge in [-0.3, -0.25) is 0 Å². The highest BCUT2D eigenvalue weighted by Crippen LogP contribution is 2.37. The molecule has 0 aromatic heterocycles. The lowest BCUT2D eigenvalue weighted by atomic mass is 9.95. The van der Waals surface area contributed by atoms with Crippen LogP contribution < -0.4 is 0 Å². The number of thioether (sulfide) groups is 1. The Morgan fingerprint density at radius 3 is 2.36 bits per heavy atom. The summed E-state index contributed by atoms with van der Waals surface area (Å²) in [5, 5.41) is 0.484. The van der Waals surface area contributed by atoms with Gasteiger partial charge in [-0.2, -0.15) is 0 Å². The number of carbonyl (C=O) groups excluding carboxylic acids is 2. The maximum Gasteiger partial charge on any atom is 0.416 e. The van der Waals surface area contributed by atoms with E-state index in [2.05, 4.69) is 4.99 Å². The van der Waals surface area contributed by atoms with Crippen LogP contribution in [-0.4, -0.2) is 41.6 Å². The molecule has 0 N–H and O–H groups in total. The number of benzene rings is 1. The normalized spacial score (nSPS) is 17.2. The van der Waals surface area contributed by atoms with Crippen molar-refractivity contribution < 1.29 is 19.1 Å². The second-order valence-corrected chi connectivity index (χ2v) is 5.97. The largest absolute Gasteiger partial charge is 0.463 e. The average Bonchev–Trinajstić information content (AvgIpc) is 2.61. The fourth-order valence-corrected chi connectivity index (χ4v) is 3.24. The average molecular weight is 362 g/mol. The quantitative estimate of drug-likeness (QED) is 0.763. The van der Waals surface area contributed by atoms with Crippen LogP contribution in [0.1, 0.15) is 32.4 Å². The standard InChI is InChI=1S/C18H22N2O4S/c1-5-23-16(21)14-12(3)19-17(25-4)20(18(22)24-6-2)15(14)13-10-8-7-9-11-13/h7-11,15H,5-6H2,1-4H3. The SMILES string of the molecule is CCOC(=O)C1=C(C)N=C(SC)N(C(=O)OCC)C1c1ccccc1. The number of nitrogens with zero attached hydrogens (tertiary/aromatic N) is 2. The van der Waals surface area contributed by atoms with E-state index in [1.165, 1.54) is 16.7 Å². The second-order valence-electron chi connectivity index (χ2n) is 5.20. The lowest BCUT2D eigenvalue weighted by Crippen LogP contribution is -2.43. The van der Waals surface area contributed by atoms with Crippen molar-refractivity contribution in [2.24, 2.45) is 4.99 Å². The number of esters is 1. The topological polar surface area (TPSA) is 68.2 Å². The number of allylic oxidation sites excluding steroid dienone is 1. The molecule has 1 aromatic rings. The molecule has 1 aliphatic rings. The molecule has 0 spiro atoms. The zero-order valence-corrected chi connectivity index (χ0v) is 15.6. The van der Waals surface area contributed by atoms with Gasteiger partial charge in [-0.15, -0.1) is 0 Å². The van der Waals surface area contributed by atoms with Gasteiger partial charge in [-0.25, -0.2) is 19.5 Å². The summed E-state index contributed by atoms with van der Waals surface area (Å²) in [6, 6.07) is 8.70. The van der Waals surface area contributed by atoms with Gasteiger partial charge >= 0.3 is 12.1 Å². The predicted molar refractivity (Wildman–Crippen MR) is 98.3 cm³/mol. The van der Waals surface area contributed by atoms with Gasteiger partial charge in [-0.1, -0.05) is 42.1 Å². The molecule has 0 bridgehead atoms. The van der Waals surface area contributed by atoms with E-state index in [4.69, 9.17) is 9.47 Å². The molecule has 0 fully saturated rings. The van der Waals surface area contributed by atoms with Gasteiger partial charge in [0.2, 0.25) is 0 Å². The highest BCUT2D eigenvalue weighted by Gasteiger charge is 2.40. The lowest BCUT2D eigenvalue weighted by molar-refractivity contribution is -0.139. The highest BCUT2D eigenvalue weighted by molar-refractivity contribution is 8.13. The van der Waals surface area contributed by atoms with Gasteiger partial charge in [0, 0.05) is 0 Å². The van der Waals surface area contributed by atoms with Gasteiger partial charge in [0.05, 0.1) is 24.5 Å². The number of carbonyl (C=O) groups is 2. The fourth-order valence-electron chi connectivity index (χ4n) is 2.63. The molecule has 0 saturated carbocycles. The Morgan fingerprint density at radius 2 is 1.80 bits per heavy atom. The first-order valence-corrected chi connectivity index (χ1v) is 9.29. The molecule has 1 aliphatic heterocycles.